The number of aryl methyl sites for hydroxylation is 1. The first-order valence-electron chi connectivity index (χ1n) is 10.3. The fraction of sp³-hybridized carbons (Fsp3) is 0.391. The summed E-state index contributed by atoms with van der Waals surface area (Å²) in [4.78, 5) is 15.6. The fourth-order valence-corrected chi connectivity index (χ4v) is 4.39. The molecule has 1 aliphatic rings. The maximum atomic E-state index is 13.6. The molecule has 29 heavy (non-hydrogen) atoms. The van der Waals surface area contributed by atoms with Crippen molar-refractivity contribution in [1.29, 1.82) is 0 Å². The van der Waals surface area contributed by atoms with Crippen molar-refractivity contribution in [2.75, 3.05) is 13.1 Å². The molecule has 2 heterocycles. The van der Waals surface area contributed by atoms with E-state index in [4.69, 9.17) is 0 Å². The topological polar surface area (TPSA) is 63.9 Å². The molecule has 1 amide bonds. The lowest BCUT2D eigenvalue weighted by Gasteiger charge is -2.38. The Bertz CT molecular complexity index is 940. The van der Waals surface area contributed by atoms with Crippen LogP contribution in [0.3, 0.4) is 0 Å². The van der Waals surface area contributed by atoms with Gasteiger partial charge in [-0.1, -0.05) is 67.6 Å². The van der Waals surface area contributed by atoms with Crippen molar-refractivity contribution in [2.24, 2.45) is 5.92 Å². The lowest BCUT2D eigenvalue weighted by atomic mass is 9.81. The summed E-state index contributed by atoms with van der Waals surface area (Å²) < 4.78 is 1.67. The monoisotopic (exact) mass is 389 g/mol. The van der Waals surface area contributed by atoms with Gasteiger partial charge in [0.2, 0.25) is 5.91 Å². The van der Waals surface area contributed by atoms with Gasteiger partial charge in [-0.2, -0.15) is 0 Å². The number of amides is 1. The molecule has 3 atom stereocenters. The van der Waals surface area contributed by atoms with Crippen LogP contribution in [0.15, 0.2) is 60.7 Å². The van der Waals surface area contributed by atoms with E-state index >= 15 is 0 Å². The van der Waals surface area contributed by atoms with Crippen LogP contribution in [0.25, 0.3) is 0 Å². The van der Waals surface area contributed by atoms with Crippen LogP contribution < -0.4 is 0 Å². The van der Waals surface area contributed by atoms with E-state index in [-0.39, 0.29) is 5.91 Å². The Morgan fingerprint density at radius 1 is 1.10 bits per heavy atom. The number of tetrazole rings is 1. The highest BCUT2D eigenvalue weighted by Gasteiger charge is 2.34. The van der Waals surface area contributed by atoms with Crippen LogP contribution in [0.1, 0.15) is 42.3 Å². The molecule has 150 valence electrons. The van der Waals surface area contributed by atoms with Crippen LogP contribution in [-0.4, -0.2) is 44.1 Å². The van der Waals surface area contributed by atoms with Gasteiger partial charge in [-0.25, -0.2) is 4.68 Å². The van der Waals surface area contributed by atoms with Crippen molar-refractivity contribution in [3.05, 3.63) is 77.6 Å². The van der Waals surface area contributed by atoms with Crippen LogP contribution >= 0.6 is 0 Å². The van der Waals surface area contributed by atoms with Crippen LogP contribution in [0.4, 0.5) is 0 Å². The Balaban J connectivity index is 1.53. The summed E-state index contributed by atoms with van der Waals surface area (Å²) in [6.07, 6.45) is 1.56. The molecule has 1 saturated heterocycles. The van der Waals surface area contributed by atoms with Gasteiger partial charge in [0, 0.05) is 19.5 Å². The summed E-state index contributed by atoms with van der Waals surface area (Å²) >= 11 is 0. The highest BCUT2D eigenvalue weighted by Crippen LogP contribution is 2.33. The number of piperidine rings is 1. The number of hydrogen-bond acceptors (Lipinski definition) is 4. The molecule has 3 unspecified atom stereocenters. The predicted molar refractivity (Wildman–Crippen MR) is 111 cm³/mol. The second-order valence-electron chi connectivity index (χ2n) is 7.94. The van der Waals surface area contributed by atoms with E-state index < -0.39 is 6.04 Å². The summed E-state index contributed by atoms with van der Waals surface area (Å²) in [6, 6.07) is 20.3. The van der Waals surface area contributed by atoms with Crippen LogP contribution in [0.2, 0.25) is 0 Å². The average molecular weight is 390 g/mol. The lowest BCUT2D eigenvalue weighted by molar-refractivity contribution is -0.137. The van der Waals surface area contributed by atoms with Gasteiger partial charge in [0.25, 0.3) is 0 Å². The molecule has 0 bridgehead atoms. The van der Waals surface area contributed by atoms with Crippen LogP contribution in [-0.2, 0) is 11.2 Å². The third-order valence-corrected chi connectivity index (χ3v) is 5.95. The van der Waals surface area contributed by atoms with Crippen molar-refractivity contribution >= 4 is 5.91 Å². The van der Waals surface area contributed by atoms with E-state index in [0.29, 0.717) is 24.1 Å². The summed E-state index contributed by atoms with van der Waals surface area (Å²) in [5.74, 6) is 1.65. The second-order valence-corrected chi connectivity index (χ2v) is 7.94. The van der Waals surface area contributed by atoms with E-state index in [1.54, 1.807) is 4.68 Å². The molecule has 4 rings (SSSR count). The Kier molecular flexibility index (Phi) is 5.69. The predicted octanol–water partition coefficient (Wildman–Crippen LogP) is 3.42. The van der Waals surface area contributed by atoms with E-state index in [9.17, 15) is 4.79 Å². The summed E-state index contributed by atoms with van der Waals surface area (Å²) in [7, 11) is 0. The average Bonchev–Trinajstić information content (AvgIpc) is 3.18. The minimum atomic E-state index is -0.423. The van der Waals surface area contributed by atoms with Gasteiger partial charge in [0.15, 0.2) is 0 Å². The van der Waals surface area contributed by atoms with Gasteiger partial charge in [-0.05, 0) is 46.7 Å². The summed E-state index contributed by atoms with van der Waals surface area (Å²) in [6.45, 7) is 5.60. The smallest absolute Gasteiger partial charge is 0.247 e. The summed E-state index contributed by atoms with van der Waals surface area (Å²) in [5, 5.41) is 11.9. The van der Waals surface area contributed by atoms with E-state index in [1.807, 2.05) is 42.2 Å². The standard InChI is InChI=1S/C23H27N5O/c1-17-16-27(14-13-21(17)20-11-7-4-8-12-20)23(29)22(28-18(2)24-25-26-28)15-19-9-5-3-6-10-19/h3-12,17,21-22H,13-16H2,1-2H3. The van der Waals surface area contributed by atoms with E-state index in [0.717, 1.165) is 25.1 Å². The lowest BCUT2D eigenvalue weighted by Crippen LogP contribution is -2.46. The maximum absolute atomic E-state index is 13.6. The quantitative estimate of drug-likeness (QED) is 0.671. The van der Waals surface area contributed by atoms with Gasteiger partial charge >= 0.3 is 0 Å². The zero-order valence-corrected chi connectivity index (χ0v) is 17.0. The molecule has 1 fully saturated rings. The molecule has 1 aromatic heterocycles. The number of hydrogen-bond donors (Lipinski definition) is 0. The third-order valence-electron chi connectivity index (χ3n) is 5.95. The number of nitrogens with zero attached hydrogens (tertiary/aromatic N) is 5. The van der Waals surface area contributed by atoms with E-state index in [2.05, 4.69) is 52.8 Å². The van der Waals surface area contributed by atoms with Gasteiger partial charge in [-0.15, -0.1) is 5.10 Å². The molecule has 2 aromatic carbocycles. The molecule has 6 heteroatoms. The van der Waals surface area contributed by atoms with E-state index in [1.165, 1.54) is 5.56 Å². The minimum Gasteiger partial charge on any atom is -0.341 e. The van der Waals surface area contributed by atoms with Crippen molar-refractivity contribution in [1.82, 2.24) is 25.1 Å². The van der Waals surface area contributed by atoms with Crippen LogP contribution in [0.5, 0.6) is 0 Å². The Morgan fingerprint density at radius 3 is 2.41 bits per heavy atom. The SMILES string of the molecule is Cc1nnnn1C(Cc1ccccc1)C(=O)N1CCC(c2ccccc2)C(C)C1. The number of carbonyl (C=O) groups excluding carboxylic acids is 1. The highest BCUT2D eigenvalue weighted by molar-refractivity contribution is 5.81. The Labute approximate surface area is 171 Å². The number of aromatic nitrogens is 4. The number of likely N-dealkylation sites (tertiary alicyclic amines) is 1. The first-order valence-corrected chi connectivity index (χ1v) is 10.3. The molecule has 6 nitrogen and oxygen atoms in total. The third kappa shape index (κ3) is 4.21. The van der Waals surface area contributed by atoms with Gasteiger partial charge in [-0.3, -0.25) is 4.79 Å². The summed E-state index contributed by atoms with van der Waals surface area (Å²) in [5.41, 5.74) is 2.47. The molecule has 1 aliphatic heterocycles. The molecule has 0 saturated carbocycles. The van der Waals surface area contributed by atoms with Gasteiger partial charge in [0.05, 0.1) is 0 Å². The number of benzene rings is 2. The second kappa shape index (κ2) is 8.55. The van der Waals surface area contributed by atoms with Crippen molar-refractivity contribution in [3.63, 3.8) is 0 Å². The fourth-order valence-electron chi connectivity index (χ4n) is 4.39. The first-order chi connectivity index (χ1) is 14.1. The molecule has 0 aliphatic carbocycles. The molecule has 0 N–H and O–H groups in total. The van der Waals surface area contributed by atoms with Gasteiger partial charge < -0.3 is 4.90 Å². The normalized spacial score (nSPS) is 20.4. The highest BCUT2D eigenvalue weighted by atomic mass is 16.2. The molecular formula is C23H27N5O. The van der Waals surface area contributed by atoms with Crippen molar-refractivity contribution in [3.8, 4) is 0 Å². The zero-order valence-electron chi connectivity index (χ0n) is 17.0. The Morgan fingerprint density at radius 2 is 1.79 bits per heavy atom. The van der Waals surface area contributed by atoms with Crippen molar-refractivity contribution < 1.29 is 4.79 Å². The van der Waals surface area contributed by atoms with Crippen LogP contribution in [0, 0.1) is 12.8 Å². The first kappa shape index (κ1) is 19.3. The molecule has 0 radical (unpaired) electrons. The zero-order chi connectivity index (χ0) is 20.2. The Hall–Kier alpha value is -3.02. The number of rotatable bonds is 5. The molecule has 0 spiro atoms. The minimum absolute atomic E-state index is 0.0996. The number of carbonyl (C=O) groups is 1. The van der Waals surface area contributed by atoms with Crippen molar-refractivity contribution in [2.45, 2.75) is 38.6 Å². The molecular weight excluding hydrogens is 362 g/mol. The largest absolute Gasteiger partial charge is 0.341 e. The molecule has 3 aromatic rings. The van der Waals surface area contributed by atoms with Gasteiger partial charge in [0.1, 0.15) is 11.9 Å². The maximum Gasteiger partial charge on any atom is 0.247 e.